The Balaban J connectivity index is 2.82. The third kappa shape index (κ3) is 3.96. The smallest absolute Gasteiger partial charge is 0.283 e. The van der Waals surface area contributed by atoms with Gasteiger partial charge in [0.1, 0.15) is 4.47 Å². The lowest BCUT2D eigenvalue weighted by Gasteiger charge is -2.15. The second-order valence-electron chi connectivity index (χ2n) is 4.06. The Morgan fingerprint density at radius 1 is 1.72 bits per heavy atom. The van der Waals surface area contributed by atoms with Crippen molar-refractivity contribution < 1.29 is 5.11 Å². The number of hydrogen-bond acceptors (Lipinski definition) is 4. The molecule has 5 nitrogen and oxygen atoms in total. The summed E-state index contributed by atoms with van der Waals surface area (Å²) in [6.45, 7) is 6.13. The highest BCUT2D eigenvalue weighted by molar-refractivity contribution is 9.10. The zero-order valence-electron chi connectivity index (χ0n) is 10.4. The average Bonchev–Trinajstić information content (AvgIpc) is 2.36. The molecule has 1 heterocycles. The summed E-state index contributed by atoms with van der Waals surface area (Å²) < 4.78 is 1.80. The van der Waals surface area contributed by atoms with E-state index in [0.29, 0.717) is 16.7 Å². The van der Waals surface area contributed by atoms with E-state index in [1.807, 2.05) is 6.92 Å². The van der Waals surface area contributed by atoms with Gasteiger partial charge in [0.25, 0.3) is 5.56 Å². The molecule has 1 unspecified atom stereocenters. The van der Waals surface area contributed by atoms with E-state index in [-0.39, 0.29) is 18.2 Å². The van der Waals surface area contributed by atoms with Gasteiger partial charge in [-0.15, -0.1) is 6.58 Å². The van der Waals surface area contributed by atoms with Crippen molar-refractivity contribution in [3.05, 3.63) is 33.7 Å². The first-order chi connectivity index (χ1) is 8.60. The van der Waals surface area contributed by atoms with Gasteiger partial charge in [0.15, 0.2) is 0 Å². The van der Waals surface area contributed by atoms with E-state index in [0.717, 1.165) is 12.8 Å². The molecule has 0 bridgehead atoms. The summed E-state index contributed by atoms with van der Waals surface area (Å²) in [4.78, 5) is 11.9. The highest BCUT2D eigenvalue weighted by atomic mass is 79.9. The van der Waals surface area contributed by atoms with Gasteiger partial charge in [-0.05, 0) is 35.7 Å². The molecule has 1 atom stereocenters. The summed E-state index contributed by atoms with van der Waals surface area (Å²) in [7, 11) is 0. The fraction of sp³-hybridized carbons (Fsp3) is 0.500. The Morgan fingerprint density at radius 2 is 2.44 bits per heavy atom. The van der Waals surface area contributed by atoms with Crippen LogP contribution in [-0.2, 0) is 6.54 Å². The number of hydrogen-bond donors (Lipinski definition) is 2. The standard InChI is InChI=1S/C12H18BrN3O2/c1-3-6-16-12(18)11(13)10(8-14-16)15-9(2)5-4-7-17/h3,8-9,15,17H,1,4-7H2,2H3. The van der Waals surface area contributed by atoms with Crippen LogP contribution in [-0.4, -0.2) is 27.5 Å². The minimum atomic E-state index is -0.186. The number of aliphatic hydroxyl groups excluding tert-OH is 1. The maximum Gasteiger partial charge on any atom is 0.283 e. The Labute approximate surface area is 115 Å². The van der Waals surface area contributed by atoms with Crippen LogP contribution < -0.4 is 10.9 Å². The van der Waals surface area contributed by atoms with Crippen molar-refractivity contribution in [3.63, 3.8) is 0 Å². The van der Waals surface area contributed by atoms with Crippen molar-refractivity contribution in [2.75, 3.05) is 11.9 Å². The van der Waals surface area contributed by atoms with Gasteiger partial charge < -0.3 is 10.4 Å². The molecule has 2 N–H and O–H groups in total. The fourth-order valence-electron chi connectivity index (χ4n) is 1.55. The molecule has 0 fully saturated rings. The summed E-state index contributed by atoms with van der Waals surface area (Å²) in [5.74, 6) is 0. The maximum absolute atomic E-state index is 11.9. The molecule has 18 heavy (non-hydrogen) atoms. The first kappa shape index (κ1) is 14.9. The van der Waals surface area contributed by atoms with E-state index in [9.17, 15) is 4.79 Å². The molecular weight excluding hydrogens is 298 g/mol. The van der Waals surface area contributed by atoms with E-state index in [1.165, 1.54) is 4.68 Å². The number of rotatable bonds is 7. The SMILES string of the molecule is C=CCn1ncc(NC(C)CCCO)c(Br)c1=O. The third-order valence-corrected chi connectivity index (χ3v) is 3.25. The van der Waals surface area contributed by atoms with Crippen LogP contribution in [0.15, 0.2) is 28.1 Å². The van der Waals surface area contributed by atoms with Crippen molar-refractivity contribution in [3.8, 4) is 0 Å². The molecule has 0 saturated carbocycles. The molecule has 6 heteroatoms. The molecule has 0 amide bonds. The van der Waals surface area contributed by atoms with E-state index < -0.39 is 0 Å². The Hall–Kier alpha value is -1.14. The van der Waals surface area contributed by atoms with Gasteiger partial charge in [0, 0.05) is 12.6 Å². The molecule has 0 spiro atoms. The number of halogens is 1. The molecule has 0 radical (unpaired) electrons. The molecule has 0 aliphatic rings. The zero-order valence-corrected chi connectivity index (χ0v) is 12.0. The molecule has 0 aliphatic carbocycles. The van der Waals surface area contributed by atoms with Crippen LogP contribution in [0, 0.1) is 0 Å². The lowest BCUT2D eigenvalue weighted by molar-refractivity contribution is 0.282. The molecule has 1 aromatic rings. The molecular formula is C12H18BrN3O2. The Kier molecular flexibility index (Phi) is 6.07. The number of aliphatic hydroxyl groups is 1. The largest absolute Gasteiger partial charge is 0.396 e. The van der Waals surface area contributed by atoms with Crippen LogP contribution in [0.4, 0.5) is 5.69 Å². The van der Waals surface area contributed by atoms with Gasteiger partial charge in [-0.3, -0.25) is 4.79 Å². The Morgan fingerprint density at radius 3 is 3.06 bits per heavy atom. The highest BCUT2D eigenvalue weighted by Gasteiger charge is 2.10. The van der Waals surface area contributed by atoms with Gasteiger partial charge in [0.05, 0.1) is 18.4 Å². The summed E-state index contributed by atoms with van der Waals surface area (Å²) >= 11 is 3.28. The normalized spacial score (nSPS) is 12.2. The quantitative estimate of drug-likeness (QED) is 0.752. The van der Waals surface area contributed by atoms with Crippen LogP contribution in [0.25, 0.3) is 0 Å². The van der Waals surface area contributed by atoms with Crippen LogP contribution in [0.1, 0.15) is 19.8 Å². The van der Waals surface area contributed by atoms with Gasteiger partial charge in [-0.25, -0.2) is 4.68 Å². The third-order valence-electron chi connectivity index (χ3n) is 2.48. The molecule has 0 saturated heterocycles. The minimum Gasteiger partial charge on any atom is -0.396 e. The molecule has 100 valence electrons. The lowest BCUT2D eigenvalue weighted by Crippen LogP contribution is -2.25. The maximum atomic E-state index is 11.9. The lowest BCUT2D eigenvalue weighted by atomic mass is 10.2. The highest BCUT2D eigenvalue weighted by Crippen LogP contribution is 2.18. The Bertz CT molecular complexity index is 459. The second-order valence-corrected chi connectivity index (χ2v) is 4.85. The second kappa shape index (κ2) is 7.33. The summed E-state index contributed by atoms with van der Waals surface area (Å²) in [6.07, 6.45) is 4.80. The van der Waals surface area contributed by atoms with Crippen molar-refractivity contribution >= 4 is 21.6 Å². The molecule has 0 aliphatic heterocycles. The predicted molar refractivity (Wildman–Crippen MR) is 75.8 cm³/mol. The monoisotopic (exact) mass is 315 g/mol. The summed E-state index contributed by atoms with van der Waals surface area (Å²) in [6, 6.07) is 0.171. The van der Waals surface area contributed by atoms with Crippen LogP contribution in [0.2, 0.25) is 0 Å². The van der Waals surface area contributed by atoms with E-state index in [2.05, 4.69) is 32.9 Å². The van der Waals surface area contributed by atoms with Crippen LogP contribution in [0.5, 0.6) is 0 Å². The zero-order chi connectivity index (χ0) is 13.5. The predicted octanol–water partition coefficient (Wildman–Crippen LogP) is 1.76. The van der Waals surface area contributed by atoms with Gasteiger partial charge in [0.2, 0.25) is 0 Å². The number of nitrogens with zero attached hydrogens (tertiary/aromatic N) is 2. The van der Waals surface area contributed by atoms with Crippen LogP contribution >= 0.6 is 15.9 Å². The topological polar surface area (TPSA) is 67.2 Å². The fourth-order valence-corrected chi connectivity index (χ4v) is 1.97. The van der Waals surface area contributed by atoms with E-state index in [4.69, 9.17) is 5.11 Å². The molecule has 1 rings (SSSR count). The number of allylic oxidation sites excluding steroid dienone is 1. The van der Waals surface area contributed by atoms with Gasteiger partial charge in [-0.2, -0.15) is 5.10 Å². The average molecular weight is 316 g/mol. The van der Waals surface area contributed by atoms with E-state index in [1.54, 1.807) is 12.3 Å². The van der Waals surface area contributed by atoms with Crippen molar-refractivity contribution in [2.45, 2.75) is 32.4 Å². The first-order valence-corrected chi connectivity index (χ1v) is 6.63. The first-order valence-electron chi connectivity index (χ1n) is 5.84. The number of aromatic nitrogens is 2. The van der Waals surface area contributed by atoms with Crippen molar-refractivity contribution in [1.82, 2.24) is 9.78 Å². The van der Waals surface area contributed by atoms with E-state index >= 15 is 0 Å². The minimum absolute atomic E-state index is 0.171. The molecule has 0 aromatic carbocycles. The molecule has 1 aromatic heterocycles. The van der Waals surface area contributed by atoms with Gasteiger partial charge >= 0.3 is 0 Å². The van der Waals surface area contributed by atoms with Gasteiger partial charge in [-0.1, -0.05) is 6.08 Å². The summed E-state index contributed by atoms with van der Waals surface area (Å²) in [5.41, 5.74) is 0.486. The number of nitrogens with one attached hydrogen (secondary N) is 1. The van der Waals surface area contributed by atoms with Crippen molar-refractivity contribution in [2.24, 2.45) is 0 Å². The summed E-state index contributed by atoms with van der Waals surface area (Å²) in [5, 5.41) is 16.0. The van der Waals surface area contributed by atoms with Crippen molar-refractivity contribution in [1.29, 1.82) is 0 Å². The number of anilines is 1. The van der Waals surface area contributed by atoms with Crippen LogP contribution in [0.3, 0.4) is 0 Å².